The van der Waals surface area contributed by atoms with Crippen molar-refractivity contribution >= 4 is 34.9 Å². The van der Waals surface area contributed by atoms with Gasteiger partial charge in [0.1, 0.15) is 6.04 Å². The van der Waals surface area contributed by atoms with Crippen molar-refractivity contribution in [2.45, 2.75) is 30.7 Å². The second-order valence-corrected chi connectivity index (χ2v) is 11.6. The van der Waals surface area contributed by atoms with Gasteiger partial charge in [-0.15, -0.1) is 16.4 Å². The van der Waals surface area contributed by atoms with Gasteiger partial charge in [0.05, 0.1) is 32.8 Å². The molecule has 2 fully saturated rings. The third-order valence-electron chi connectivity index (χ3n) is 7.88. The summed E-state index contributed by atoms with van der Waals surface area (Å²) in [6.07, 6.45) is 0.119. The first-order chi connectivity index (χ1) is 21.1. The average molecular weight is 626 g/mol. The summed E-state index contributed by atoms with van der Waals surface area (Å²) in [5.41, 5.74) is 9.04. The van der Waals surface area contributed by atoms with E-state index < -0.39 is 42.0 Å². The summed E-state index contributed by atoms with van der Waals surface area (Å²) in [6, 6.07) is 10.9. The van der Waals surface area contributed by atoms with Crippen molar-refractivity contribution in [1.82, 2.24) is 21.1 Å². The predicted octanol–water partition coefficient (Wildman–Crippen LogP) is 1.34. The number of ether oxygens (including phenoxy) is 2. The molecule has 2 aromatic carbocycles. The van der Waals surface area contributed by atoms with Crippen molar-refractivity contribution in [2.24, 2.45) is 16.7 Å². The highest BCUT2D eigenvalue weighted by molar-refractivity contribution is 7.10. The molecule has 1 aromatic heterocycles. The van der Waals surface area contributed by atoms with E-state index >= 15 is 0 Å². The normalized spacial score (nSPS) is 19.5. The van der Waals surface area contributed by atoms with E-state index in [1.54, 1.807) is 29.6 Å². The number of hydrogen-bond donors (Lipinski definition) is 5. The molecule has 2 saturated heterocycles. The Bertz CT molecular complexity index is 1660. The third-order valence-corrected chi connectivity index (χ3v) is 8.81. The van der Waals surface area contributed by atoms with Gasteiger partial charge in [0.25, 0.3) is 11.8 Å². The number of likely N-dealkylation sites (tertiary alicyclic amines) is 1. The minimum atomic E-state index is -3.17. The summed E-state index contributed by atoms with van der Waals surface area (Å²) < 4.78 is 41.4. The lowest BCUT2D eigenvalue weighted by molar-refractivity contribution is -0.152. The van der Waals surface area contributed by atoms with Gasteiger partial charge in [-0.3, -0.25) is 14.4 Å². The van der Waals surface area contributed by atoms with E-state index in [0.29, 0.717) is 24.3 Å². The smallest absolute Gasteiger partial charge is 0.299 e. The van der Waals surface area contributed by atoms with E-state index in [1.165, 1.54) is 40.5 Å². The molecule has 3 aromatic rings. The number of amidine groups is 1. The lowest BCUT2D eigenvalue weighted by atomic mass is 10.0. The van der Waals surface area contributed by atoms with Crippen molar-refractivity contribution in [3.05, 3.63) is 81.0 Å². The van der Waals surface area contributed by atoms with E-state index in [4.69, 9.17) is 21.1 Å². The number of alkyl halides is 2. The first-order valence-electron chi connectivity index (χ1n) is 13.7. The van der Waals surface area contributed by atoms with Crippen molar-refractivity contribution in [3.8, 4) is 11.1 Å². The van der Waals surface area contributed by atoms with Gasteiger partial charge in [0, 0.05) is 38.9 Å². The molecule has 0 bridgehead atoms. The number of thiophene rings is 1. The van der Waals surface area contributed by atoms with Gasteiger partial charge in [0.15, 0.2) is 11.6 Å². The molecule has 3 aliphatic rings. The number of hydrogen-bond acceptors (Lipinski definition) is 9. The molecule has 230 valence electrons. The van der Waals surface area contributed by atoms with Gasteiger partial charge in [-0.1, -0.05) is 30.3 Å². The quantitative estimate of drug-likeness (QED) is 0.108. The van der Waals surface area contributed by atoms with Crippen molar-refractivity contribution in [2.75, 3.05) is 26.3 Å². The van der Waals surface area contributed by atoms with Gasteiger partial charge in [0.2, 0.25) is 11.8 Å². The molecular weight excluding hydrogens is 596 g/mol. The Hall–Kier alpha value is -4.44. The van der Waals surface area contributed by atoms with Gasteiger partial charge < -0.3 is 30.7 Å². The Morgan fingerprint density at radius 1 is 1.02 bits per heavy atom. The van der Waals surface area contributed by atoms with Gasteiger partial charge in [-0.05, 0) is 29.3 Å². The number of hydrazone groups is 1. The van der Waals surface area contributed by atoms with E-state index in [1.807, 2.05) is 0 Å². The van der Waals surface area contributed by atoms with Crippen LogP contribution in [0.25, 0.3) is 11.1 Å². The van der Waals surface area contributed by atoms with Crippen LogP contribution in [0.2, 0.25) is 0 Å². The molecule has 6 rings (SSSR count). The van der Waals surface area contributed by atoms with Crippen LogP contribution in [0.4, 0.5) is 8.78 Å². The standard InChI is InChI=1S/C29H29F2N7O5S/c30-29(31)21-4-2-1-3-19(21)20-10-16(5-6-22(20)29)26(40)35-13-24(39)38-15-28(42-7-8-43-28)11-23(38)27(41)34-12-18-9-17(14-44-18)25(32)36-37-33/h1-6,9-10,14,23,37H,7-8,11-13,15,33H2,(H2,32,36)(H,34,41)(H,35,40). The Morgan fingerprint density at radius 2 is 1.77 bits per heavy atom. The van der Waals surface area contributed by atoms with E-state index in [-0.39, 0.29) is 47.6 Å². The van der Waals surface area contributed by atoms with Crippen LogP contribution in [0.3, 0.4) is 0 Å². The van der Waals surface area contributed by atoms with Crippen LogP contribution in [0.15, 0.2) is 59.0 Å². The summed E-state index contributed by atoms with van der Waals surface area (Å²) in [5, 5.41) is 10.9. The topological polar surface area (TPSA) is 173 Å². The average Bonchev–Trinajstić information content (AvgIpc) is 3.82. The maximum Gasteiger partial charge on any atom is 0.299 e. The fourth-order valence-electron chi connectivity index (χ4n) is 5.75. The fraction of sp³-hybridized carbons (Fsp3) is 0.310. The number of amides is 3. The summed E-state index contributed by atoms with van der Waals surface area (Å²) >= 11 is 1.36. The molecule has 2 aliphatic heterocycles. The number of hydrazine groups is 1. The number of benzene rings is 2. The number of nitrogens with two attached hydrogens (primary N) is 2. The minimum Gasteiger partial charge on any atom is -0.382 e. The van der Waals surface area contributed by atoms with Crippen LogP contribution < -0.4 is 27.7 Å². The molecule has 15 heteroatoms. The van der Waals surface area contributed by atoms with Gasteiger partial charge in [-0.25, -0.2) is 11.4 Å². The summed E-state index contributed by atoms with van der Waals surface area (Å²) in [7, 11) is 0. The van der Waals surface area contributed by atoms with E-state index in [9.17, 15) is 23.2 Å². The van der Waals surface area contributed by atoms with E-state index in [0.717, 1.165) is 4.88 Å². The second-order valence-electron chi connectivity index (χ2n) is 10.6. The molecule has 3 amide bonds. The van der Waals surface area contributed by atoms with Crippen LogP contribution in [-0.2, 0) is 31.5 Å². The molecule has 44 heavy (non-hydrogen) atoms. The van der Waals surface area contributed by atoms with Crippen LogP contribution >= 0.6 is 11.3 Å². The third kappa shape index (κ3) is 5.38. The highest BCUT2D eigenvalue weighted by atomic mass is 32.1. The maximum atomic E-state index is 14.9. The molecule has 1 unspecified atom stereocenters. The van der Waals surface area contributed by atoms with Gasteiger partial charge in [-0.2, -0.15) is 8.78 Å². The molecule has 1 spiro atoms. The molecule has 1 atom stereocenters. The number of nitrogens with one attached hydrogen (secondary N) is 3. The van der Waals surface area contributed by atoms with Gasteiger partial charge >= 0.3 is 0 Å². The summed E-state index contributed by atoms with van der Waals surface area (Å²) in [6.45, 7) is 0.410. The zero-order chi connectivity index (χ0) is 31.1. The van der Waals surface area contributed by atoms with Crippen LogP contribution in [0.5, 0.6) is 0 Å². The monoisotopic (exact) mass is 625 g/mol. The first kappa shape index (κ1) is 29.6. The maximum absolute atomic E-state index is 14.9. The van der Waals surface area contributed by atoms with Crippen LogP contribution in [0, 0.1) is 0 Å². The molecular formula is C29H29F2N7O5S. The SMILES string of the molecule is NN/N=C(\N)c1csc(CNC(=O)C2CC3(CN2C(=O)CNC(=O)c2ccc4c(c2)-c2ccccc2C4(F)F)OCCO3)c1. The van der Waals surface area contributed by atoms with Crippen molar-refractivity contribution in [1.29, 1.82) is 0 Å². The number of rotatable bonds is 8. The lowest BCUT2D eigenvalue weighted by Gasteiger charge is -2.24. The zero-order valence-electron chi connectivity index (χ0n) is 23.3. The molecule has 1 aliphatic carbocycles. The largest absolute Gasteiger partial charge is 0.382 e. The number of carbonyl (C=O) groups excluding carboxylic acids is 3. The molecule has 0 saturated carbocycles. The fourth-order valence-corrected chi connectivity index (χ4v) is 6.57. The predicted molar refractivity (Wildman–Crippen MR) is 156 cm³/mol. The molecule has 7 N–H and O–H groups in total. The number of carbonyl (C=O) groups is 3. The lowest BCUT2D eigenvalue weighted by Crippen LogP contribution is -2.49. The molecule has 0 radical (unpaired) electrons. The first-order valence-corrected chi connectivity index (χ1v) is 14.6. The molecule has 3 heterocycles. The summed E-state index contributed by atoms with van der Waals surface area (Å²) in [5.74, 6) is -0.478. The van der Waals surface area contributed by atoms with Crippen LogP contribution in [-0.4, -0.2) is 66.6 Å². The Kier molecular flexibility index (Phi) is 7.79. The second kappa shape index (κ2) is 11.6. The Labute approximate surface area is 254 Å². The van der Waals surface area contributed by atoms with Crippen LogP contribution in [0.1, 0.15) is 38.3 Å². The number of fused-ring (bicyclic) bond motifs is 3. The Balaban J connectivity index is 1.12. The summed E-state index contributed by atoms with van der Waals surface area (Å²) in [4.78, 5) is 41.8. The zero-order valence-corrected chi connectivity index (χ0v) is 24.1. The van der Waals surface area contributed by atoms with E-state index in [2.05, 4.69) is 21.3 Å². The molecule has 12 nitrogen and oxygen atoms in total. The van der Waals surface area contributed by atoms with Crippen molar-refractivity contribution in [3.63, 3.8) is 0 Å². The highest BCUT2D eigenvalue weighted by Gasteiger charge is 2.52. The highest BCUT2D eigenvalue weighted by Crippen LogP contribution is 2.51. The van der Waals surface area contributed by atoms with Crippen molar-refractivity contribution < 1.29 is 32.6 Å². The number of halogens is 2. The Morgan fingerprint density at radius 3 is 2.55 bits per heavy atom. The number of nitrogens with zero attached hydrogens (tertiary/aromatic N) is 2. The minimum absolute atomic E-state index is 0.00669.